The lowest BCUT2D eigenvalue weighted by Gasteiger charge is -2.21. The molecule has 0 unspecified atom stereocenters. The summed E-state index contributed by atoms with van der Waals surface area (Å²) >= 11 is 0. The van der Waals surface area contributed by atoms with Crippen LogP contribution < -0.4 is 30.2 Å². The highest BCUT2D eigenvalue weighted by atomic mass is 16.5. The monoisotopic (exact) mass is 908 g/mol. The summed E-state index contributed by atoms with van der Waals surface area (Å²) in [5, 5.41) is 24.4. The van der Waals surface area contributed by atoms with Crippen molar-refractivity contribution in [2.75, 3.05) is 68.0 Å². The van der Waals surface area contributed by atoms with E-state index in [2.05, 4.69) is 89.0 Å². The predicted molar refractivity (Wildman–Crippen MR) is 261 cm³/mol. The van der Waals surface area contributed by atoms with E-state index in [0.29, 0.717) is 41.2 Å². The van der Waals surface area contributed by atoms with Crippen LogP contribution in [0.3, 0.4) is 0 Å². The molecule has 16 nitrogen and oxygen atoms in total. The van der Waals surface area contributed by atoms with Crippen LogP contribution >= 0.6 is 0 Å². The number of carbonyl (C=O) groups excluding carboxylic acids is 3. The van der Waals surface area contributed by atoms with E-state index < -0.39 is 5.97 Å². The zero-order valence-electron chi connectivity index (χ0n) is 39.7. The summed E-state index contributed by atoms with van der Waals surface area (Å²) in [7, 11) is 9.44. The van der Waals surface area contributed by atoms with Crippen molar-refractivity contribution in [2.45, 2.75) is 66.0 Å². The third-order valence-corrected chi connectivity index (χ3v) is 12.3. The molecule has 16 heteroatoms. The fraction of sp³-hybridized carbons (Fsp3) is 0.333. The molecule has 4 aromatic carbocycles. The van der Waals surface area contributed by atoms with E-state index >= 15 is 0 Å². The van der Waals surface area contributed by atoms with Crippen LogP contribution in [-0.4, -0.2) is 96.8 Å². The second-order valence-electron chi connectivity index (χ2n) is 17.4. The average Bonchev–Trinajstić information content (AvgIpc) is 4.07. The lowest BCUT2D eigenvalue weighted by molar-refractivity contribution is 0.0599. The molecule has 3 N–H and O–H groups in total. The first-order valence-electron chi connectivity index (χ1n) is 22.3. The SMILES string of the molecule is COC(=O)c1ccc([C@H](C)NC(=O)c2c(C)nn3c2N(Cc2ccc(N(C)C)cc2)CC3)cc1.Cc1nn2c(c1C(=O)N[C@@H](C)c1ccc(C(=O)O)cc1)N(Cc1ccc(N(C)C)cc1)CC2. The molecule has 2 atom stereocenters. The number of amides is 2. The van der Waals surface area contributed by atoms with Gasteiger partial charge in [-0.25, -0.2) is 19.0 Å². The quantitative estimate of drug-likeness (QED) is 0.0957. The number of fused-ring (bicyclic) bond motifs is 2. The van der Waals surface area contributed by atoms with Gasteiger partial charge < -0.3 is 40.1 Å². The van der Waals surface area contributed by atoms with E-state index in [4.69, 9.17) is 9.84 Å². The number of nitrogens with zero attached hydrogens (tertiary/aromatic N) is 8. The zero-order chi connectivity index (χ0) is 48.1. The first-order chi connectivity index (χ1) is 32.0. The zero-order valence-corrected chi connectivity index (χ0v) is 39.7. The van der Waals surface area contributed by atoms with Crippen molar-refractivity contribution in [1.82, 2.24) is 30.2 Å². The number of methoxy groups -OCH3 is 1. The van der Waals surface area contributed by atoms with Gasteiger partial charge >= 0.3 is 11.9 Å². The second kappa shape index (κ2) is 20.3. The molecule has 2 amide bonds. The van der Waals surface area contributed by atoms with Crippen LogP contribution in [-0.2, 0) is 30.9 Å². The number of rotatable bonds is 14. The minimum Gasteiger partial charge on any atom is -0.478 e. The lowest BCUT2D eigenvalue weighted by Crippen LogP contribution is -2.29. The Labute approximate surface area is 391 Å². The summed E-state index contributed by atoms with van der Waals surface area (Å²) in [5.74, 6) is 0.0121. The molecule has 0 spiro atoms. The van der Waals surface area contributed by atoms with Crippen molar-refractivity contribution in [2.24, 2.45) is 0 Å². The molecule has 8 rings (SSSR count). The number of esters is 1. The summed E-state index contributed by atoms with van der Waals surface area (Å²) in [4.78, 5) is 57.9. The van der Waals surface area contributed by atoms with E-state index in [9.17, 15) is 19.2 Å². The minimum atomic E-state index is -0.972. The number of carboxylic acid groups (broad SMARTS) is 1. The van der Waals surface area contributed by atoms with Crippen molar-refractivity contribution < 1.29 is 29.0 Å². The number of ether oxygens (including phenoxy) is 1. The normalized spacial score (nSPS) is 13.4. The van der Waals surface area contributed by atoms with Gasteiger partial charge in [0.25, 0.3) is 11.8 Å². The standard InChI is InChI=1S/C26H31N5O3.C25H29N5O3/c1-17(20-8-10-21(11-9-20)26(33)34-5)27-24(32)23-18(2)28-31-15-14-30(25(23)31)16-19-6-12-22(13-7-19)29(3)4;1-16(19-7-9-20(10-8-19)25(32)33)26-23(31)22-17(2)27-30-14-13-29(24(22)30)15-18-5-11-21(12-6-18)28(3)4/h6-13,17H,14-16H2,1-5H3,(H,27,32);5-12,16H,13-15H2,1-4H3,(H,26,31)(H,32,33)/t17-;16-/m00/s1. The Morgan fingerprint density at radius 1 is 0.597 bits per heavy atom. The summed E-state index contributed by atoms with van der Waals surface area (Å²) < 4.78 is 8.58. The van der Waals surface area contributed by atoms with Crippen molar-refractivity contribution in [3.8, 4) is 0 Å². The van der Waals surface area contributed by atoms with Crippen LogP contribution in [0.25, 0.3) is 0 Å². The number of carbonyl (C=O) groups is 4. The van der Waals surface area contributed by atoms with Crippen LogP contribution in [0.2, 0.25) is 0 Å². The van der Waals surface area contributed by atoms with E-state index in [1.165, 1.54) is 18.2 Å². The highest BCUT2D eigenvalue weighted by Gasteiger charge is 2.32. The van der Waals surface area contributed by atoms with Gasteiger partial charge in [-0.2, -0.15) is 10.2 Å². The smallest absolute Gasteiger partial charge is 0.337 e. The molecule has 350 valence electrons. The van der Waals surface area contributed by atoms with Gasteiger partial charge in [0.15, 0.2) is 0 Å². The Kier molecular flexibility index (Phi) is 14.3. The summed E-state index contributed by atoms with van der Waals surface area (Å²) in [6.45, 7) is 12.1. The maximum Gasteiger partial charge on any atom is 0.337 e. The Bertz CT molecular complexity index is 2720. The van der Waals surface area contributed by atoms with Gasteiger partial charge in [-0.1, -0.05) is 48.5 Å². The molecule has 0 radical (unpaired) electrons. The maximum absolute atomic E-state index is 13.3. The first-order valence-corrected chi connectivity index (χ1v) is 22.3. The summed E-state index contributed by atoms with van der Waals surface area (Å²) in [6, 6.07) is 30.0. The molecule has 67 heavy (non-hydrogen) atoms. The molecule has 0 bridgehead atoms. The van der Waals surface area contributed by atoms with Gasteiger partial charge in [0.2, 0.25) is 0 Å². The molecule has 2 aliphatic rings. The summed E-state index contributed by atoms with van der Waals surface area (Å²) in [5.41, 5.74) is 9.71. The number of benzene rings is 4. The fourth-order valence-electron chi connectivity index (χ4n) is 8.46. The molecule has 0 saturated carbocycles. The topological polar surface area (TPSA) is 170 Å². The van der Waals surface area contributed by atoms with Gasteiger partial charge in [0.05, 0.1) is 54.8 Å². The van der Waals surface area contributed by atoms with Crippen molar-refractivity contribution in [3.63, 3.8) is 0 Å². The minimum absolute atomic E-state index is 0.154. The number of anilines is 4. The number of carboxylic acids is 1. The van der Waals surface area contributed by atoms with Crippen molar-refractivity contribution in [3.05, 3.63) is 153 Å². The molecule has 2 aliphatic heterocycles. The number of hydrogen-bond donors (Lipinski definition) is 3. The highest BCUT2D eigenvalue weighted by molar-refractivity contribution is 6.01. The number of aromatic carboxylic acids is 1. The number of hydrogen-bond acceptors (Lipinski definition) is 11. The Hall–Kier alpha value is -7.62. The largest absolute Gasteiger partial charge is 0.478 e. The highest BCUT2D eigenvalue weighted by Crippen LogP contribution is 2.33. The Morgan fingerprint density at radius 2 is 0.970 bits per heavy atom. The predicted octanol–water partition coefficient (Wildman–Crippen LogP) is 7.02. The molecular weight excluding hydrogens is 849 g/mol. The van der Waals surface area contributed by atoms with Gasteiger partial charge in [-0.15, -0.1) is 0 Å². The third-order valence-electron chi connectivity index (χ3n) is 12.3. The van der Waals surface area contributed by atoms with E-state index in [0.717, 1.165) is 60.3 Å². The molecule has 0 saturated heterocycles. The van der Waals surface area contributed by atoms with E-state index in [1.54, 1.807) is 36.4 Å². The second-order valence-corrected chi connectivity index (χ2v) is 17.4. The number of aromatic nitrogens is 4. The summed E-state index contributed by atoms with van der Waals surface area (Å²) in [6.07, 6.45) is 0. The van der Waals surface area contributed by atoms with Gasteiger partial charge in [0.1, 0.15) is 22.8 Å². The fourth-order valence-corrected chi connectivity index (χ4v) is 8.46. The van der Waals surface area contributed by atoms with Gasteiger partial charge in [-0.05, 0) is 98.5 Å². The van der Waals surface area contributed by atoms with Crippen LogP contribution in [0.1, 0.15) is 101 Å². The van der Waals surface area contributed by atoms with Crippen molar-refractivity contribution >= 4 is 46.8 Å². The van der Waals surface area contributed by atoms with E-state index in [-0.39, 0.29) is 35.4 Å². The molecular formula is C51H60N10O6. The average molecular weight is 909 g/mol. The molecule has 2 aromatic heterocycles. The van der Waals surface area contributed by atoms with Gasteiger partial charge in [0, 0.05) is 65.7 Å². The molecule has 0 fully saturated rings. The third kappa shape index (κ3) is 10.6. The number of aryl methyl sites for hydroxylation is 2. The Balaban J connectivity index is 0.000000199. The van der Waals surface area contributed by atoms with Crippen LogP contribution in [0.15, 0.2) is 97.1 Å². The molecule has 4 heterocycles. The van der Waals surface area contributed by atoms with Crippen LogP contribution in [0.4, 0.5) is 23.0 Å². The molecule has 6 aromatic rings. The number of nitrogens with one attached hydrogen (secondary N) is 2. The first kappa shape index (κ1) is 47.3. The molecule has 0 aliphatic carbocycles. The van der Waals surface area contributed by atoms with E-state index in [1.807, 2.05) is 77.4 Å². The van der Waals surface area contributed by atoms with Crippen LogP contribution in [0, 0.1) is 13.8 Å². The lowest BCUT2D eigenvalue weighted by atomic mass is 10.1. The van der Waals surface area contributed by atoms with Gasteiger partial charge in [-0.3, -0.25) is 9.59 Å². The van der Waals surface area contributed by atoms with Crippen molar-refractivity contribution in [1.29, 1.82) is 0 Å². The Morgan fingerprint density at radius 3 is 1.31 bits per heavy atom. The van der Waals surface area contributed by atoms with Crippen LogP contribution in [0.5, 0.6) is 0 Å². The maximum atomic E-state index is 13.3.